The van der Waals surface area contributed by atoms with E-state index in [9.17, 15) is 4.79 Å². The monoisotopic (exact) mass is 415 g/mol. The van der Waals surface area contributed by atoms with E-state index in [0.717, 1.165) is 22.7 Å². The highest BCUT2D eigenvalue weighted by atomic mass is 32.2. The number of carbonyl (C=O) groups excluding carboxylic acids is 1. The number of hydrogen-bond donors (Lipinski definition) is 0. The van der Waals surface area contributed by atoms with Crippen molar-refractivity contribution < 1.29 is 14.3 Å². The Balaban J connectivity index is 1.53. The van der Waals surface area contributed by atoms with Gasteiger partial charge in [-0.1, -0.05) is 24.3 Å². The van der Waals surface area contributed by atoms with Crippen LogP contribution in [0.3, 0.4) is 0 Å². The molecule has 0 aliphatic carbocycles. The van der Waals surface area contributed by atoms with E-state index in [4.69, 9.17) is 9.47 Å². The minimum atomic E-state index is -0.117. The van der Waals surface area contributed by atoms with E-state index in [0.29, 0.717) is 29.0 Å². The first-order valence-corrected chi connectivity index (χ1v) is 10.3. The molecular weight excluding hydrogens is 398 g/mol. The smallest absolute Gasteiger partial charge is 0.271 e. The number of benzene rings is 2. The molecule has 0 atom stereocenters. The van der Waals surface area contributed by atoms with Crippen molar-refractivity contribution in [2.24, 2.45) is 4.99 Å². The molecule has 7 heteroatoms. The molecule has 2 aliphatic rings. The summed E-state index contributed by atoms with van der Waals surface area (Å²) < 4.78 is 11.2. The first kappa shape index (κ1) is 18.4. The number of aromatic nitrogens is 1. The van der Waals surface area contributed by atoms with Crippen LogP contribution in [0, 0.1) is 0 Å². The molecule has 0 bridgehead atoms. The first-order chi connectivity index (χ1) is 14.8. The van der Waals surface area contributed by atoms with Crippen molar-refractivity contribution in [3.8, 4) is 11.5 Å². The third kappa shape index (κ3) is 3.67. The Kier molecular flexibility index (Phi) is 4.94. The highest BCUT2D eigenvalue weighted by molar-refractivity contribution is 8.19. The Morgan fingerprint density at radius 3 is 2.53 bits per heavy atom. The molecule has 2 aromatic carbocycles. The summed E-state index contributed by atoms with van der Waals surface area (Å²) in [5.74, 6) is 1.30. The molecule has 0 unspecified atom stereocenters. The fourth-order valence-electron chi connectivity index (χ4n) is 3.18. The van der Waals surface area contributed by atoms with E-state index in [1.807, 2.05) is 66.7 Å². The summed E-state index contributed by atoms with van der Waals surface area (Å²) in [5, 5.41) is 0.598. The number of para-hydroxylation sites is 1. The summed E-state index contributed by atoms with van der Waals surface area (Å²) in [7, 11) is 0. The van der Waals surface area contributed by atoms with Crippen LogP contribution in [0.1, 0.15) is 5.56 Å². The third-order valence-corrected chi connectivity index (χ3v) is 5.54. The number of carbonyl (C=O) groups is 1. The summed E-state index contributed by atoms with van der Waals surface area (Å²) >= 11 is 1.34. The van der Waals surface area contributed by atoms with Crippen LogP contribution in [-0.4, -0.2) is 29.3 Å². The lowest BCUT2D eigenvalue weighted by molar-refractivity contribution is -0.113. The molecule has 5 rings (SSSR count). The summed E-state index contributed by atoms with van der Waals surface area (Å²) in [6.45, 7) is 1.06. The van der Waals surface area contributed by atoms with E-state index in [2.05, 4.69) is 9.98 Å². The predicted molar refractivity (Wildman–Crippen MR) is 118 cm³/mol. The number of anilines is 1. The number of hydrogen-bond acceptors (Lipinski definition) is 6. The maximum Gasteiger partial charge on any atom is 0.271 e. The molecule has 0 radical (unpaired) electrons. The van der Waals surface area contributed by atoms with Gasteiger partial charge in [-0.3, -0.25) is 14.7 Å². The minimum Gasteiger partial charge on any atom is -0.486 e. The average Bonchev–Trinajstić information content (AvgIpc) is 3.09. The van der Waals surface area contributed by atoms with E-state index in [-0.39, 0.29) is 5.91 Å². The van der Waals surface area contributed by atoms with Crippen LogP contribution in [-0.2, 0) is 4.79 Å². The van der Waals surface area contributed by atoms with Gasteiger partial charge in [0.25, 0.3) is 5.91 Å². The molecule has 1 aromatic heterocycles. The van der Waals surface area contributed by atoms with Gasteiger partial charge >= 0.3 is 0 Å². The van der Waals surface area contributed by atoms with Crippen molar-refractivity contribution in [3.63, 3.8) is 0 Å². The molecule has 0 spiro atoms. The van der Waals surface area contributed by atoms with Crippen LogP contribution in [0.5, 0.6) is 11.5 Å². The maximum atomic E-state index is 13.3. The molecule has 2 aliphatic heterocycles. The van der Waals surface area contributed by atoms with Gasteiger partial charge in [0.1, 0.15) is 13.2 Å². The quantitative estimate of drug-likeness (QED) is 0.582. The second-order valence-corrected chi connectivity index (χ2v) is 7.60. The van der Waals surface area contributed by atoms with E-state index < -0.39 is 0 Å². The van der Waals surface area contributed by atoms with E-state index in [1.165, 1.54) is 11.8 Å². The number of ether oxygens (including phenoxy) is 2. The summed E-state index contributed by atoms with van der Waals surface area (Å²) in [6, 6.07) is 18.8. The molecule has 3 aromatic rings. The van der Waals surface area contributed by atoms with Crippen molar-refractivity contribution in [1.82, 2.24) is 4.98 Å². The Labute approximate surface area is 177 Å². The number of aliphatic imine (C=N–C) groups is 1. The van der Waals surface area contributed by atoms with Crippen LogP contribution in [0.2, 0.25) is 0 Å². The van der Waals surface area contributed by atoms with Crippen LogP contribution < -0.4 is 14.4 Å². The number of amidine groups is 1. The molecule has 1 amide bonds. The standard InChI is InChI=1S/C23H17N3O3S/c27-22-21(15-16-6-7-19-20(14-16)29-13-12-28-19)30-23(25-17-8-10-24-11-9-17)26(22)18-4-2-1-3-5-18/h1-11,14-15H,12-13H2/b21-15-,25-23-. The summed E-state index contributed by atoms with van der Waals surface area (Å²) in [5.41, 5.74) is 2.38. The largest absolute Gasteiger partial charge is 0.486 e. The lowest BCUT2D eigenvalue weighted by atomic mass is 10.1. The van der Waals surface area contributed by atoms with Crippen LogP contribution in [0.25, 0.3) is 6.08 Å². The Hall–Kier alpha value is -3.58. The van der Waals surface area contributed by atoms with Crippen molar-refractivity contribution in [3.05, 3.63) is 83.5 Å². The highest BCUT2D eigenvalue weighted by Gasteiger charge is 2.34. The van der Waals surface area contributed by atoms with Crippen molar-refractivity contribution in [2.45, 2.75) is 0 Å². The Morgan fingerprint density at radius 1 is 0.967 bits per heavy atom. The molecule has 148 valence electrons. The predicted octanol–water partition coefficient (Wildman–Crippen LogP) is 4.66. The lowest BCUT2D eigenvalue weighted by Gasteiger charge is -2.18. The zero-order valence-corrected chi connectivity index (χ0v) is 16.7. The molecular formula is C23H17N3O3S. The van der Waals surface area contributed by atoms with Crippen molar-refractivity contribution in [2.75, 3.05) is 18.1 Å². The van der Waals surface area contributed by atoms with Gasteiger partial charge in [0.15, 0.2) is 16.7 Å². The summed E-state index contributed by atoms with van der Waals surface area (Å²) in [6.07, 6.45) is 5.22. The number of fused-ring (bicyclic) bond motifs is 1. The lowest BCUT2D eigenvalue weighted by Crippen LogP contribution is -2.28. The zero-order valence-electron chi connectivity index (χ0n) is 15.9. The first-order valence-electron chi connectivity index (χ1n) is 9.45. The second kappa shape index (κ2) is 8.04. The Morgan fingerprint density at radius 2 is 1.73 bits per heavy atom. The maximum absolute atomic E-state index is 13.3. The van der Waals surface area contributed by atoms with Gasteiger partial charge in [0.2, 0.25) is 0 Å². The molecule has 3 heterocycles. The van der Waals surface area contributed by atoms with Crippen LogP contribution in [0.15, 0.2) is 83.0 Å². The molecule has 6 nitrogen and oxygen atoms in total. The van der Waals surface area contributed by atoms with Gasteiger partial charge in [0.05, 0.1) is 16.3 Å². The van der Waals surface area contributed by atoms with Crippen molar-refractivity contribution in [1.29, 1.82) is 0 Å². The number of thioether (sulfide) groups is 1. The van der Waals surface area contributed by atoms with Gasteiger partial charge < -0.3 is 9.47 Å². The fourth-order valence-corrected chi connectivity index (χ4v) is 4.18. The van der Waals surface area contributed by atoms with Gasteiger partial charge in [-0.2, -0.15) is 0 Å². The minimum absolute atomic E-state index is 0.117. The molecule has 30 heavy (non-hydrogen) atoms. The van der Waals surface area contributed by atoms with Crippen LogP contribution >= 0.6 is 11.8 Å². The topological polar surface area (TPSA) is 64.0 Å². The Bertz CT molecular complexity index is 1150. The van der Waals surface area contributed by atoms with Crippen LogP contribution in [0.4, 0.5) is 11.4 Å². The zero-order chi connectivity index (χ0) is 20.3. The van der Waals surface area contributed by atoms with Crippen molar-refractivity contribution >= 4 is 40.3 Å². The van der Waals surface area contributed by atoms with Gasteiger partial charge in [-0.25, -0.2) is 4.99 Å². The fraction of sp³-hybridized carbons (Fsp3) is 0.0870. The molecule has 0 N–H and O–H groups in total. The number of pyridine rings is 1. The second-order valence-electron chi connectivity index (χ2n) is 6.59. The van der Waals surface area contributed by atoms with Gasteiger partial charge in [-0.05, 0) is 59.8 Å². The van der Waals surface area contributed by atoms with E-state index in [1.54, 1.807) is 17.3 Å². The highest BCUT2D eigenvalue weighted by Crippen LogP contribution is 2.38. The normalized spacial score (nSPS) is 18.3. The number of amides is 1. The number of nitrogens with zero attached hydrogens (tertiary/aromatic N) is 3. The SMILES string of the molecule is O=C1/C(=C/c2ccc3c(c2)OCCO3)S/C(=N\c2ccncc2)N1c1ccccc1. The molecule has 0 saturated carbocycles. The number of rotatable bonds is 3. The average molecular weight is 415 g/mol. The molecule has 1 fully saturated rings. The van der Waals surface area contributed by atoms with Gasteiger partial charge in [-0.15, -0.1) is 0 Å². The third-order valence-electron chi connectivity index (χ3n) is 4.57. The van der Waals surface area contributed by atoms with E-state index >= 15 is 0 Å². The molecule has 1 saturated heterocycles. The summed E-state index contributed by atoms with van der Waals surface area (Å²) in [4.78, 5) is 24.2. The van der Waals surface area contributed by atoms with Gasteiger partial charge in [0, 0.05) is 12.4 Å².